The highest BCUT2D eigenvalue weighted by Crippen LogP contribution is 2.36. The number of hydrogen-bond donors (Lipinski definition) is 2. The first-order valence-corrected chi connectivity index (χ1v) is 10.9. The predicted octanol–water partition coefficient (Wildman–Crippen LogP) is 5.50. The molecule has 2 aromatic carbocycles. The second kappa shape index (κ2) is 8.55. The number of alkyl halides is 3. The number of halogens is 3. The number of hydrogen-bond acceptors (Lipinski definition) is 4. The zero-order valence-electron chi connectivity index (χ0n) is 17.8. The third kappa shape index (κ3) is 4.32. The molecular weight excluding hydrogens is 433 g/mol. The Morgan fingerprint density at radius 3 is 2.48 bits per heavy atom. The van der Waals surface area contributed by atoms with E-state index >= 15 is 0 Å². The number of nitrogens with zero attached hydrogens (tertiary/aromatic N) is 3. The van der Waals surface area contributed by atoms with Crippen LogP contribution < -0.4 is 0 Å². The third-order valence-corrected chi connectivity index (χ3v) is 6.16. The zero-order chi connectivity index (χ0) is 23.0. The zero-order valence-corrected chi connectivity index (χ0v) is 17.8. The molecule has 0 amide bonds. The smallest absolute Gasteiger partial charge is 0.416 e. The Labute approximate surface area is 188 Å². The van der Waals surface area contributed by atoms with Gasteiger partial charge in [-0.3, -0.25) is 0 Å². The lowest BCUT2D eigenvalue weighted by atomic mass is 9.92. The largest absolute Gasteiger partial charge is 0.493 e. The molecule has 9 heteroatoms. The standard InChI is InChI=1S/C24H23F3N4O2/c25-24(26,27)17-8-6-16(7-9-17)21-18(10-5-15-11-13-33-14-12-15)22(32)31(30-21)23-28-19-3-1-2-4-20(19)29-23/h1-4,6-9,15,32H,5,10-14H2,(H,28,29). The Morgan fingerprint density at radius 1 is 1.06 bits per heavy atom. The van der Waals surface area contributed by atoms with Crippen LogP contribution in [-0.4, -0.2) is 38.1 Å². The fourth-order valence-corrected chi connectivity index (χ4v) is 4.29. The number of rotatable bonds is 5. The molecule has 0 saturated carbocycles. The van der Waals surface area contributed by atoms with E-state index in [0.717, 1.165) is 55.6 Å². The number of para-hydroxylation sites is 2. The van der Waals surface area contributed by atoms with Crippen LogP contribution in [0.25, 0.3) is 28.2 Å². The summed E-state index contributed by atoms with van der Waals surface area (Å²) in [6.07, 6.45) is -1.13. The summed E-state index contributed by atoms with van der Waals surface area (Å²) in [5.74, 6) is 0.753. The lowest BCUT2D eigenvalue weighted by Gasteiger charge is -2.21. The van der Waals surface area contributed by atoms with Gasteiger partial charge in [0.25, 0.3) is 0 Å². The number of aromatic nitrogens is 4. The summed E-state index contributed by atoms with van der Waals surface area (Å²) < 4.78 is 45.9. The van der Waals surface area contributed by atoms with E-state index in [1.54, 1.807) is 0 Å². The van der Waals surface area contributed by atoms with Gasteiger partial charge in [0.2, 0.25) is 11.8 Å². The van der Waals surface area contributed by atoms with Crippen molar-refractivity contribution >= 4 is 11.0 Å². The number of aromatic amines is 1. The molecule has 0 spiro atoms. The normalized spacial score (nSPS) is 15.4. The minimum Gasteiger partial charge on any atom is -0.493 e. The molecule has 0 bridgehead atoms. The number of fused-ring (bicyclic) bond motifs is 1. The van der Waals surface area contributed by atoms with Gasteiger partial charge < -0.3 is 14.8 Å². The summed E-state index contributed by atoms with van der Waals surface area (Å²) in [5, 5.41) is 15.7. The van der Waals surface area contributed by atoms with E-state index in [1.165, 1.54) is 16.8 Å². The Hall–Kier alpha value is -3.33. The Bertz CT molecular complexity index is 1220. The van der Waals surface area contributed by atoms with Crippen LogP contribution in [-0.2, 0) is 17.3 Å². The van der Waals surface area contributed by atoms with Crippen molar-refractivity contribution < 1.29 is 23.0 Å². The molecular formula is C24H23F3N4O2. The number of aromatic hydroxyl groups is 1. The van der Waals surface area contributed by atoms with E-state index in [4.69, 9.17) is 4.74 Å². The summed E-state index contributed by atoms with van der Waals surface area (Å²) in [6, 6.07) is 12.3. The molecule has 4 aromatic rings. The Kier molecular flexibility index (Phi) is 5.57. The van der Waals surface area contributed by atoms with Crippen LogP contribution in [0, 0.1) is 5.92 Å². The molecule has 1 saturated heterocycles. The van der Waals surface area contributed by atoms with Crippen molar-refractivity contribution in [3.05, 3.63) is 59.7 Å². The fraction of sp³-hybridized carbons (Fsp3) is 0.333. The lowest BCUT2D eigenvalue weighted by Crippen LogP contribution is -2.16. The van der Waals surface area contributed by atoms with Crippen LogP contribution in [0.1, 0.15) is 30.4 Å². The molecule has 6 nitrogen and oxygen atoms in total. The van der Waals surface area contributed by atoms with Gasteiger partial charge in [0, 0.05) is 24.3 Å². The van der Waals surface area contributed by atoms with Gasteiger partial charge in [-0.05, 0) is 55.9 Å². The van der Waals surface area contributed by atoms with E-state index in [1.807, 2.05) is 24.3 Å². The number of H-pyrrole nitrogens is 1. The molecule has 2 N–H and O–H groups in total. The molecule has 0 radical (unpaired) electrons. The van der Waals surface area contributed by atoms with Crippen LogP contribution in [0.2, 0.25) is 0 Å². The maximum absolute atomic E-state index is 13.0. The monoisotopic (exact) mass is 456 g/mol. The van der Waals surface area contributed by atoms with Crippen molar-refractivity contribution in [1.82, 2.24) is 19.7 Å². The molecule has 1 aliphatic rings. The van der Waals surface area contributed by atoms with Crippen molar-refractivity contribution in [3.8, 4) is 23.1 Å². The average molecular weight is 456 g/mol. The minimum atomic E-state index is -4.42. The molecule has 33 heavy (non-hydrogen) atoms. The first kappa shape index (κ1) is 21.5. The fourth-order valence-electron chi connectivity index (χ4n) is 4.29. The highest BCUT2D eigenvalue weighted by atomic mass is 19.4. The van der Waals surface area contributed by atoms with Gasteiger partial charge in [-0.1, -0.05) is 24.3 Å². The van der Waals surface area contributed by atoms with Crippen molar-refractivity contribution in [2.24, 2.45) is 5.92 Å². The number of imidazole rings is 1. The SMILES string of the molecule is Oc1c(CCC2CCOCC2)c(-c2ccc(C(F)(F)F)cc2)nn1-c1nc2ccccc2[nH]1. The molecule has 5 rings (SSSR count). The maximum atomic E-state index is 13.0. The molecule has 0 aliphatic carbocycles. The third-order valence-electron chi connectivity index (χ3n) is 6.16. The van der Waals surface area contributed by atoms with E-state index in [0.29, 0.717) is 35.1 Å². The quantitative estimate of drug-likeness (QED) is 0.416. The van der Waals surface area contributed by atoms with E-state index < -0.39 is 11.7 Å². The molecule has 2 aromatic heterocycles. The van der Waals surface area contributed by atoms with Gasteiger partial charge in [0.1, 0.15) is 5.69 Å². The summed E-state index contributed by atoms with van der Waals surface area (Å²) in [5.41, 5.74) is 2.35. The van der Waals surface area contributed by atoms with Crippen LogP contribution in [0.3, 0.4) is 0 Å². The topological polar surface area (TPSA) is 76.0 Å². The summed E-state index contributed by atoms with van der Waals surface area (Å²) in [7, 11) is 0. The average Bonchev–Trinajstić information content (AvgIpc) is 3.38. The molecule has 172 valence electrons. The van der Waals surface area contributed by atoms with E-state index in [-0.39, 0.29) is 5.88 Å². The van der Waals surface area contributed by atoms with Crippen LogP contribution in [0.5, 0.6) is 5.88 Å². The molecule has 0 unspecified atom stereocenters. The number of ether oxygens (including phenoxy) is 1. The first-order valence-electron chi connectivity index (χ1n) is 10.9. The van der Waals surface area contributed by atoms with Gasteiger partial charge in [-0.25, -0.2) is 4.98 Å². The van der Waals surface area contributed by atoms with Crippen LogP contribution in [0.15, 0.2) is 48.5 Å². The summed E-state index contributed by atoms with van der Waals surface area (Å²) in [4.78, 5) is 7.65. The van der Waals surface area contributed by atoms with Crippen molar-refractivity contribution in [1.29, 1.82) is 0 Å². The second-order valence-corrected chi connectivity index (χ2v) is 8.31. The van der Waals surface area contributed by atoms with Crippen molar-refractivity contribution in [2.45, 2.75) is 31.9 Å². The first-order chi connectivity index (χ1) is 15.9. The van der Waals surface area contributed by atoms with Gasteiger partial charge in [0.05, 0.1) is 16.6 Å². The van der Waals surface area contributed by atoms with Crippen LogP contribution in [0.4, 0.5) is 13.2 Å². The minimum absolute atomic E-state index is 0.0592. The highest BCUT2D eigenvalue weighted by molar-refractivity contribution is 5.76. The van der Waals surface area contributed by atoms with Crippen molar-refractivity contribution in [3.63, 3.8) is 0 Å². The summed E-state index contributed by atoms with van der Waals surface area (Å²) in [6.45, 7) is 1.45. The van der Waals surface area contributed by atoms with Crippen molar-refractivity contribution in [2.75, 3.05) is 13.2 Å². The lowest BCUT2D eigenvalue weighted by molar-refractivity contribution is -0.137. The number of nitrogens with one attached hydrogen (secondary N) is 1. The molecule has 0 atom stereocenters. The highest BCUT2D eigenvalue weighted by Gasteiger charge is 2.30. The molecule has 1 aliphatic heterocycles. The second-order valence-electron chi connectivity index (χ2n) is 8.31. The Balaban J connectivity index is 1.54. The Morgan fingerprint density at radius 2 is 1.79 bits per heavy atom. The maximum Gasteiger partial charge on any atom is 0.416 e. The van der Waals surface area contributed by atoms with Gasteiger partial charge in [-0.15, -0.1) is 0 Å². The predicted molar refractivity (Wildman–Crippen MR) is 117 cm³/mol. The van der Waals surface area contributed by atoms with Crippen LogP contribution >= 0.6 is 0 Å². The van der Waals surface area contributed by atoms with Gasteiger partial charge in [-0.2, -0.15) is 23.0 Å². The number of benzene rings is 2. The summed E-state index contributed by atoms with van der Waals surface area (Å²) >= 11 is 0. The van der Waals surface area contributed by atoms with Gasteiger partial charge >= 0.3 is 6.18 Å². The molecule has 3 heterocycles. The molecule has 1 fully saturated rings. The van der Waals surface area contributed by atoms with E-state index in [2.05, 4.69) is 15.1 Å². The van der Waals surface area contributed by atoms with Gasteiger partial charge in [0.15, 0.2) is 0 Å². The van der Waals surface area contributed by atoms with E-state index in [9.17, 15) is 18.3 Å².